The fourth-order valence-electron chi connectivity index (χ4n) is 2.31. The summed E-state index contributed by atoms with van der Waals surface area (Å²) in [6, 6.07) is 8.30. The molecule has 19 heavy (non-hydrogen) atoms. The first-order chi connectivity index (χ1) is 9.25. The zero-order chi connectivity index (χ0) is 13.3. The number of aliphatic hydroxyl groups is 1. The Morgan fingerprint density at radius 2 is 2.11 bits per heavy atom. The van der Waals surface area contributed by atoms with Gasteiger partial charge >= 0.3 is 0 Å². The Balaban J connectivity index is 1.96. The summed E-state index contributed by atoms with van der Waals surface area (Å²) in [5, 5.41) is 22.7. The fraction of sp³-hybridized carbons (Fsp3) is 0.357. The third kappa shape index (κ3) is 2.23. The highest BCUT2D eigenvalue weighted by Crippen LogP contribution is 2.47. The van der Waals surface area contributed by atoms with E-state index in [1.165, 1.54) is 6.33 Å². The monoisotopic (exact) mass is 254 g/mol. The average Bonchev–Trinajstić information content (AvgIpc) is 3.09. The summed E-state index contributed by atoms with van der Waals surface area (Å²) in [5.41, 5.74) is 2.56. The predicted octanol–water partition coefficient (Wildman–Crippen LogP) is 1.37. The lowest BCUT2D eigenvalue weighted by Crippen LogP contribution is -2.07. The minimum absolute atomic E-state index is 0.0142. The van der Waals surface area contributed by atoms with E-state index in [0.717, 1.165) is 29.5 Å². The summed E-state index contributed by atoms with van der Waals surface area (Å²) in [6.07, 6.45) is 4.96. The Bertz CT molecular complexity index is 623. The van der Waals surface area contributed by atoms with E-state index in [9.17, 15) is 10.4 Å². The van der Waals surface area contributed by atoms with E-state index in [1.807, 2.05) is 18.2 Å². The standard InChI is InChI=1S/C14H14N4O/c15-8-14(1-2-14)13-4-11(3-12(5-13)7-19)6-18-10-16-9-17-18/h3-5,9-10,19H,1-2,6-7H2. The van der Waals surface area contributed by atoms with Crippen molar-refractivity contribution >= 4 is 0 Å². The molecule has 1 aromatic heterocycles. The first-order valence-corrected chi connectivity index (χ1v) is 6.24. The van der Waals surface area contributed by atoms with Crippen molar-refractivity contribution in [1.29, 1.82) is 5.26 Å². The first kappa shape index (κ1) is 11.9. The van der Waals surface area contributed by atoms with Crippen LogP contribution in [0.15, 0.2) is 30.9 Å². The van der Waals surface area contributed by atoms with Crippen molar-refractivity contribution in [2.24, 2.45) is 0 Å². The third-order valence-electron chi connectivity index (χ3n) is 3.56. The van der Waals surface area contributed by atoms with Gasteiger partial charge < -0.3 is 5.11 Å². The van der Waals surface area contributed by atoms with Gasteiger partial charge in [0, 0.05) is 0 Å². The van der Waals surface area contributed by atoms with Gasteiger partial charge in [-0.25, -0.2) is 9.67 Å². The maximum Gasteiger partial charge on any atom is 0.137 e. The highest BCUT2D eigenvalue weighted by Gasteiger charge is 2.45. The molecule has 0 atom stereocenters. The van der Waals surface area contributed by atoms with Crippen LogP contribution in [0.2, 0.25) is 0 Å². The topological polar surface area (TPSA) is 74.7 Å². The summed E-state index contributed by atoms with van der Waals surface area (Å²) in [7, 11) is 0. The van der Waals surface area contributed by atoms with Crippen molar-refractivity contribution in [3.05, 3.63) is 47.5 Å². The number of nitriles is 1. The van der Waals surface area contributed by atoms with Gasteiger partial charge in [0.25, 0.3) is 0 Å². The number of aromatic nitrogens is 3. The van der Waals surface area contributed by atoms with E-state index in [4.69, 9.17) is 0 Å². The molecule has 96 valence electrons. The van der Waals surface area contributed by atoms with Crippen molar-refractivity contribution in [3.8, 4) is 6.07 Å². The Kier molecular flexibility index (Phi) is 2.80. The van der Waals surface area contributed by atoms with Gasteiger partial charge in [-0.05, 0) is 29.5 Å². The van der Waals surface area contributed by atoms with Crippen molar-refractivity contribution in [3.63, 3.8) is 0 Å². The van der Waals surface area contributed by atoms with E-state index in [-0.39, 0.29) is 12.0 Å². The van der Waals surface area contributed by atoms with Crippen molar-refractivity contribution in [2.45, 2.75) is 31.4 Å². The maximum atomic E-state index is 9.35. The second kappa shape index (κ2) is 4.48. The number of aliphatic hydroxyl groups excluding tert-OH is 1. The number of hydrogen-bond acceptors (Lipinski definition) is 4. The summed E-state index contributed by atoms with van der Waals surface area (Å²) in [4.78, 5) is 3.91. The zero-order valence-electron chi connectivity index (χ0n) is 10.5. The lowest BCUT2D eigenvalue weighted by Gasteiger charge is -2.11. The van der Waals surface area contributed by atoms with Crippen LogP contribution in [0.1, 0.15) is 29.5 Å². The van der Waals surface area contributed by atoms with Gasteiger partial charge in [-0.2, -0.15) is 10.4 Å². The normalized spacial score (nSPS) is 16.0. The smallest absolute Gasteiger partial charge is 0.137 e. The Hall–Kier alpha value is -2.19. The lowest BCUT2D eigenvalue weighted by molar-refractivity contribution is 0.281. The Labute approximate surface area is 111 Å². The molecule has 0 amide bonds. The van der Waals surface area contributed by atoms with Gasteiger partial charge in [0.2, 0.25) is 0 Å². The van der Waals surface area contributed by atoms with Crippen LogP contribution < -0.4 is 0 Å². The second-order valence-corrected chi connectivity index (χ2v) is 4.98. The third-order valence-corrected chi connectivity index (χ3v) is 3.56. The molecular formula is C14H14N4O. The molecule has 5 nitrogen and oxygen atoms in total. The Morgan fingerprint density at radius 1 is 1.32 bits per heavy atom. The Morgan fingerprint density at radius 3 is 2.68 bits per heavy atom. The average molecular weight is 254 g/mol. The van der Waals surface area contributed by atoms with Crippen molar-refractivity contribution in [1.82, 2.24) is 14.8 Å². The highest BCUT2D eigenvalue weighted by atomic mass is 16.3. The molecule has 5 heteroatoms. The van der Waals surface area contributed by atoms with E-state index in [1.54, 1.807) is 11.0 Å². The van der Waals surface area contributed by atoms with Crippen LogP contribution >= 0.6 is 0 Å². The molecule has 0 unspecified atom stereocenters. The van der Waals surface area contributed by atoms with Gasteiger partial charge in [0.05, 0.1) is 24.6 Å². The molecule has 1 aromatic carbocycles. The molecule has 1 aliphatic rings. The van der Waals surface area contributed by atoms with Crippen molar-refractivity contribution in [2.75, 3.05) is 0 Å². The van der Waals surface area contributed by atoms with E-state index in [0.29, 0.717) is 6.54 Å². The van der Waals surface area contributed by atoms with Crippen LogP contribution in [-0.4, -0.2) is 19.9 Å². The molecule has 0 spiro atoms. The molecule has 0 radical (unpaired) electrons. The second-order valence-electron chi connectivity index (χ2n) is 4.98. The van der Waals surface area contributed by atoms with Crippen LogP contribution in [0.3, 0.4) is 0 Å². The zero-order valence-corrected chi connectivity index (χ0v) is 10.5. The largest absolute Gasteiger partial charge is 0.392 e. The van der Waals surface area contributed by atoms with Crippen LogP contribution in [0.25, 0.3) is 0 Å². The highest BCUT2D eigenvalue weighted by molar-refractivity contribution is 5.43. The van der Waals surface area contributed by atoms with Crippen LogP contribution in [0.4, 0.5) is 0 Å². The van der Waals surface area contributed by atoms with Gasteiger partial charge in [0.1, 0.15) is 12.7 Å². The molecule has 1 fully saturated rings. The molecule has 0 saturated heterocycles. The van der Waals surface area contributed by atoms with E-state index >= 15 is 0 Å². The summed E-state index contributed by atoms with van der Waals surface area (Å²) >= 11 is 0. The van der Waals surface area contributed by atoms with Gasteiger partial charge in [0.15, 0.2) is 0 Å². The van der Waals surface area contributed by atoms with Gasteiger partial charge in [-0.3, -0.25) is 0 Å². The molecular weight excluding hydrogens is 240 g/mol. The number of hydrogen-bond donors (Lipinski definition) is 1. The molecule has 1 heterocycles. The molecule has 3 rings (SSSR count). The van der Waals surface area contributed by atoms with E-state index in [2.05, 4.69) is 16.2 Å². The summed E-state index contributed by atoms with van der Waals surface area (Å²) in [5.74, 6) is 0. The quantitative estimate of drug-likeness (QED) is 0.894. The molecule has 1 aliphatic carbocycles. The molecule has 0 aliphatic heterocycles. The molecule has 2 aromatic rings. The van der Waals surface area contributed by atoms with Crippen LogP contribution in [0, 0.1) is 11.3 Å². The lowest BCUT2D eigenvalue weighted by atomic mass is 9.93. The fourth-order valence-corrected chi connectivity index (χ4v) is 2.31. The number of benzene rings is 1. The van der Waals surface area contributed by atoms with Crippen LogP contribution in [-0.2, 0) is 18.6 Å². The maximum absolute atomic E-state index is 9.35. The number of rotatable bonds is 4. The van der Waals surface area contributed by atoms with E-state index < -0.39 is 0 Å². The first-order valence-electron chi connectivity index (χ1n) is 6.24. The van der Waals surface area contributed by atoms with Crippen LogP contribution in [0.5, 0.6) is 0 Å². The van der Waals surface area contributed by atoms with Gasteiger partial charge in [-0.15, -0.1) is 0 Å². The predicted molar refractivity (Wildman–Crippen MR) is 68.0 cm³/mol. The van der Waals surface area contributed by atoms with Crippen molar-refractivity contribution < 1.29 is 5.11 Å². The minimum atomic E-state index is -0.331. The SMILES string of the molecule is N#CC1(c2cc(CO)cc(Cn3cncn3)c2)CC1. The van der Waals surface area contributed by atoms with Gasteiger partial charge in [-0.1, -0.05) is 18.2 Å². The number of nitrogens with zero attached hydrogens (tertiary/aromatic N) is 4. The summed E-state index contributed by atoms with van der Waals surface area (Å²) < 4.78 is 1.73. The minimum Gasteiger partial charge on any atom is -0.392 e. The molecule has 0 bridgehead atoms. The molecule has 1 N–H and O–H groups in total. The molecule has 1 saturated carbocycles. The summed E-state index contributed by atoms with van der Waals surface area (Å²) in [6.45, 7) is 0.585.